The van der Waals surface area contributed by atoms with Crippen LogP contribution in [0.4, 0.5) is 13.2 Å². The van der Waals surface area contributed by atoms with Gasteiger partial charge in [0.15, 0.2) is 0 Å². The van der Waals surface area contributed by atoms with Gasteiger partial charge in [0.1, 0.15) is 17.2 Å². The topological polar surface area (TPSA) is 98.5 Å². The van der Waals surface area contributed by atoms with Crippen LogP contribution in [0.15, 0.2) is 28.8 Å². The highest BCUT2D eigenvalue weighted by Crippen LogP contribution is 2.47. The Hall–Kier alpha value is -2.56. The molecule has 3 saturated carbocycles. The molecule has 0 unspecified atom stereocenters. The number of alkyl halides is 3. The number of hydrogen-bond acceptors (Lipinski definition) is 6. The van der Waals surface area contributed by atoms with Gasteiger partial charge in [0.2, 0.25) is 16.8 Å². The molecule has 42 heavy (non-hydrogen) atoms. The molecule has 0 bridgehead atoms. The molecule has 5 rings (SSSR count). The van der Waals surface area contributed by atoms with Gasteiger partial charge >= 0.3 is 6.36 Å². The zero-order valence-corrected chi connectivity index (χ0v) is 24.8. The number of aromatic nitrogens is 1. The Balaban J connectivity index is 1.20. The Bertz CT molecular complexity index is 1260. The lowest BCUT2D eigenvalue weighted by atomic mass is 9.73. The fraction of sp³-hybridized carbons (Fsp3) is 0.677. The van der Waals surface area contributed by atoms with Crippen molar-refractivity contribution in [1.29, 1.82) is 0 Å². The summed E-state index contributed by atoms with van der Waals surface area (Å²) in [5, 5.41) is 4.29. The molecular weight excluding hydrogens is 569 g/mol. The van der Waals surface area contributed by atoms with Crippen LogP contribution in [-0.4, -0.2) is 25.8 Å². The number of halogens is 3. The highest BCUT2D eigenvalue weighted by molar-refractivity contribution is 7.71. The number of carbonyl (C=O) groups excluding carboxylic acids is 1. The summed E-state index contributed by atoms with van der Waals surface area (Å²) in [4.78, 5) is 12.2. The van der Waals surface area contributed by atoms with Crippen molar-refractivity contribution in [3.8, 4) is 17.0 Å². The molecule has 0 spiro atoms. The minimum Gasteiger partial charge on any atom is -0.405 e. The van der Waals surface area contributed by atoms with Crippen LogP contribution in [0.5, 0.6) is 5.75 Å². The molecule has 1 aromatic heterocycles. The minimum atomic E-state index is -4.79. The molecule has 3 fully saturated rings. The van der Waals surface area contributed by atoms with E-state index in [0.717, 1.165) is 108 Å². The van der Waals surface area contributed by atoms with Crippen molar-refractivity contribution in [1.82, 2.24) is 9.88 Å². The van der Waals surface area contributed by atoms with E-state index in [0.29, 0.717) is 34.9 Å². The van der Waals surface area contributed by atoms with E-state index in [9.17, 15) is 26.4 Å². The van der Waals surface area contributed by atoms with Gasteiger partial charge < -0.3 is 9.26 Å². The number of carbonyl (C=O) groups is 1. The minimum absolute atomic E-state index is 0.216. The number of rotatable bonds is 8. The second-order valence-electron chi connectivity index (χ2n) is 12.4. The number of nitrogens with zero attached hydrogens (tertiary/aromatic N) is 1. The standard InChI is InChI=1S/C31H41F3N2O5S/c32-31(33,34)40-27-16-2-1-15-25(27)28-26(29(41-35-28)23-17-18-23)19-20-7-3-9-21(10-4-8-20)22-11-5-13-24(14-6-12-22)30(37)36-42(38)39/h1-2,15-16,20-24,42H,3-14,17-19H2,(H,36,37,38,39). The molecule has 1 amide bonds. The summed E-state index contributed by atoms with van der Waals surface area (Å²) < 4.78 is 73.3. The smallest absolute Gasteiger partial charge is 0.405 e. The lowest BCUT2D eigenvalue weighted by Crippen LogP contribution is -2.31. The lowest BCUT2D eigenvalue weighted by molar-refractivity contribution is -0.274. The molecule has 1 aromatic carbocycles. The van der Waals surface area contributed by atoms with E-state index < -0.39 is 17.3 Å². The van der Waals surface area contributed by atoms with Crippen LogP contribution in [0, 0.1) is 23.7 Å². The molecule has 1 N–H and O–H groups in total. The summed E-state index contributed by atoms with van der Waals surface area (Å²) >= 11 is 0. The van der Waals surface area contributed by atoms with Crippen LogP contribution in [-0.2, 0) is 22.1 Å². The normalized spacial score (nSPS) is 26.1. The Morgan fingerprint density at radius 1 is 0.905 bits per heavy atom. The predicted octanol–water partition coefficient (Wildman–Crippen LogP) is 7.48. The molecule has 3 aliphatic carbocycles. The molecule has 7 nitrogen and oxygen atoms in total. The van der Waals surface area contributed by atoms with Gasteiger partial charge in [-0.1, -0.05) is 81.5 Å². The monoisotopic (exact) mass is 610 g/mol. The summed E-state index contributed by atoms with van der Waals surface area (Å²) in [5.74, 6) is 2.00. The van der Waals surface area contributed by atoms with E-state index in [1.165, 1.54) is 12.1 Å². The average Bonchev–Trinajstić information content (AvgIpc) is 3.65. The second-order valence-corrected chi connectivity index (χ2v) is 13.2. The van der Waals surface area contributed by atoms with Crippen LogP contribution >= 0.6 is 0 Å². The molecule has 3 aliphatic rings. The molecule has 0 atom stereocenters. The number of nitrogens with one attached hydrogen (secondary N) is 1. The molecule has 2 aromatic rings. The molecular formula is C31H41F3N2O5S. The third-order valence-corrected chi connectivity index (χ3v) is 9.90. The number of amides is 1. The van der Waals surface area contributed by atoms with E-state index >= 15 is 0 Å². The van der Waals surface area contributed by atoms with Crippen molar-refractivity contribution in [3.05, 3.63) is 35.6 Å². The summed E-state index contributed by atoms with van der Waals surface area (Å²) in [5.41, 5.74) is 1.73. The van der Waals surface area contributed by atoms with Gasteiger partial charge in [-0.2, -0.15) is 0 Å². The average molecular weight is 611 g/mol. The van der Waals surface area contributed by atoms with Crippen molar-refractivity contribution in [2.45, 2.75) is 109 Å². The van der Waals surface area contributed by atoms with Gasteiger partial charge in [-0.3, -0.25) is 9.52 Å². The number of para-hydroxylation sites is 1. The number of benzene rings is 1. The first kappa shape index (κ1) is 30.9. The quantitative estimate of drug-likeness (QED) is 0.301. The zero-order valence-electron chi connectivity index (χ0n) is 23.9. The molecule has 232 valence electrons. The molecule has 0 radical (unpaired) electrons. The first-order chi connectivity index (χ1) is 20.2. The van der Waals surface area contributed by atoms with Gasteiger partial charge in [0.25, 0.3) is 0 Å². The maximum absolute atomic E-state index is 13.1. The summed E-state index contributed by atoms with van der Waals surface area (Å²) in [6.07, 6.45) is 10.2. The maximum atomic E-state index is 13.1. The van der Waals surface area contributed by atoms with Gasteiger partial charge in [0.05, 0.1) is 0 Å². The Morgan fingerprint density at radius 2 is 1.50 bits per heavy atom. The van der Waals surface area contributed by atoms with Crippen molar-refractivity contribution < 1.29 is 35.6 Å². The third kappa shape index (κ3) is 8.29. The van der Waals surface area contributed by atoms with E-state index in [4.69, 9.17) is 4.52 Å². The van der Waals surface area contributed by atoms with Crippen LogP contribution < -0.4 is 9.46 Å². The molecule has 11 heteroatoms. The largest absolute Gasteiger partial charge is 0.573 e. The molecule has 0 saturated heterocycles. The number of hydrogen-bond donors (Lipinski definition) is 2. The third-order valence-electron chi connectivity index (χ3n) is 9.50. The van der Waals surface area contributed by atoms with Crippen LogP contribution in [0.1, 0.15) is 107 Å². The molecule has 1 heterocycles. The highest BCUT2D eigenvalue weighted by Gasteiger charge is 2.36. The fourth-order valence-electron chi connectivity index (χ4n) is 7.32. The molecule has 0 aliphatic heterocycles. The summed E-state index contributed by atoms with van der Waals surface area (Å²) in [6.45, 7) is 0. The lowest BCUT2D eigenvalue weighted by Gasteiger charge is -2.33. The number of ether oxygens (including phenoxy) is 1. The van der Waals surface area contributed by atoms with E-state index in [1.807, 2.05) is 0 Å². The van der Waals surface area contributed by atoms with Crippen LogP contribution in [0.3, 0.4) is 0 Å². The highest BCUT2D eigenvalue weighted by atomic mass is 32.2. The van der Waals surface area contributed by atoms with Gasteiger partial charge in [-0.05, 0) is 62.0 Å². The van der Waals surface area contributed by atoms with Gasteiger partial charge in [-0.15, -0.1) is 13.2 Å². The summed E-state index contributed by atoms with van der Waals surface area (Å²) in [7, 11) is -2.90. The predicted molar refractivity (Wildman–Crippen MR) is 152 cm³/mol. The number of thiol groups is 1. The van der Waals surface area contributed by atoms with Gasteiger partial charge in [0, 0.05) is 23.0 Å². The van der Waals surface area contributed by atoms with E-state index in [1.54, 1.807) is 12.1 Å². The summed E-state index contributed by atoms with van der Waals surface area (Å²) in [6, 6.07) is 6.18. The first-order valence-corrected chi connectivity index (χ1v) is 16.6. The Labute approximate surface area is 247 Å². The second kappa shape index (κ2) is 13.8. The van der Waals surface area contributed by atoms with Crippen LogP contribution in [0.25, 0.3) is 11.3 Å². The SMILES string of the molecule is O=C(N[SH](=O)=O)C1CCCC(C2CCCC(Cc3c(-c4ccccc4OC(F)(F)F)noc3C3CC3)CCC2)CCC1. The Kier molecular flexibility index (Phi) is 10.2. The van der Waals surface area contributed by atoms with Crippen molar-refractivity contribution in [2.75, 3.05) is 0 Å². The van der Waals surface area contributed by atoms with Crippen molar-refractivity contribution >= 4 is 16.8 Å². The zero-order chi connectivity index (χ0) is 29.7. The maximum Gasteiger partial charge on any atom is 0.573 e. The van der Waals surface area contributed by atoms with Gasteiger partial charge in [-0.25, -0.2) is 8.42 Å². The van der Waals surface area contributed by atoms with E-state index in [-0.39, 0.29) is 17.6 Å². The first-order valence-electron chi connectivity index (χ1n) is 15.5. The Morgan fingerprint density at radius 3 is 2.07 bits per heavy atom. The van der Waals surface area contributed by atoms with Crippen LogP contribution in [0.2, 0.25) is 0 Å². The van der Waals surface area contributed by atoms with Crippen molar-refractivity contribution in [2.24, 2.45) is 23.7 Å². The van der Waals surface area contributed by atoms with E-state index in [2.05, 4.69) is 14.6 Å². The fourth-order valence-corrected chi connectivity index (χ4v) is 7.68. The van der Waals surface area contributed by atoms with Crippen molar-refractivity contribution in [3.63, 3.8) is 0 Å².